The summed E-state index contributed by atoms with van der Waals surface area (Å²) in [6.07, 6.45) is 0. The first kappa shape index (κ1) is 16.1. The predicted molar refractivity (Wildman–Crippen MR) is 96.5 cm³/mol. The second-order valence-corrected chi connectivity index (χ2v) is 6.12. The monoisotopic (exact) mass is 343 g/mol. The van der Waals surface area contributed by atoms with Crippen molar-refractivity contribution in [2.75, 3.05) is 24.9 Å². The molecule has 0 saturated carbocycles. The maximum atomic E-state index is 12.2. The van der Waals surface area contributed by atoms with Crippen LogP contribution >= 0.6 is 11.3 Å². The number of nitrogens with zero attached hydrogens (tertiary/aromatic N) is 1. The lowest BCUT2D eigenvalue weighted by atomic mass is 10.2. The molecule has 0 atom stereocenters. The topological polar surface area (TPSA) is 72.5 Å². The van der Waals surface area contributed by atoms with Crippen LogP contribution in [0.5, 0.6) is 11.5 Å². The Morgan fingerprint density at radius 3 is 2.50 bits per heavy atom. The van der Waals surface area contributed by atoms with Crippen molar-refractivity contribution in [1.82, 2.24) is 4.98 Å². The molecule has 3 rings (SSSR count). The van der Waals surface area contributed by atoms with Crippen molar-refractivity contribution < 1.29 is 14.3 Å². The number of nitrogens with one attached hydrogen (secondary N) is 2. The highest BCUT2D eigenvalue weighted by Crippen LogP contribution is 2.36. The van der Waals surface area contributed by atoms with Gasteiger partial charge < -0.3 is 14.8 Å². The fraction of sp³-hybridized carbons (Fsp3) is 0.176. The van der Waals surface area contributed by atoms with Gasteiger partial charge in [-0.15, -0.1) is 0 Å². The molecule has 124 valence electrons. The van der Waals surface area contributed by atoms with Crippen molar-refractivity contribution in [3.05, 3.63) is 42.0 Å². The highest BCUT2D eigenvalue weighted by Gasteiger charge is 2.12. The summed E-state index contributed by atoms with van der Waals surface area (Å²) in [5.41, 5.74) is 2.50. The first-order valence-corrected chi connectivity index (χ1v) is 8.08. The summed E-state index contributed by atoms with van der Waals surface area (Å²) in [4.78, 5) is 16.6. The third-order valence-electron chi connectivity index (χ3n) is 3.51. The van der Waals surface area contributed by atoms with E-state index < -0.39 is 0 Å². The number of hydrogen-bond acceptors (Lipinski definition) is 5. The summed E-state index contributed by atoms with van der Waals surface area (Å²) in [5.74, 6) is 1.23. The molecule has 0 unspecified atom stereocenters. The van der Waals surface area contributed by atoms with E-state index in [9.17, 15) is 4.79 Å². The maximum Gasteiger partial charge on any atom is 0.325 e. The van der Waals surface area contributed by atoms with Gasteiger partial charge in [-0.1, -0.05) is 29.5 Å². The minimum Gasteiger partial charge on any atom is -0.493 e. The second kappa shape index (κ2) is 6.76. The Bertz CT molecular complexity index is 851. The fourth-order valence-electron chi connectivity index (χ4n) is 2.27. The SMILES string of the molecule is COc1cc2nc(NC(=O)Nc3ccccc3C)sc2cc1OC. The van der Waals surface area contributed by atoms with Gasteiger partial charge in [0.25, 0.3) is 0 Å². The minimum absolute atomic E-state index is 0.331. The van der Waals surface area contributed by atoms with E-state index in [4.69, 9.17) is 9.47 Å². The van der Waals surface area contributed by atoms with Crippen LogP contribution in [0.2, 0.25) is 0 Å². The molecule has 0 fully saturated rings. The van der Waals surface area contributed by atoms with Crippen LogP contribution in [0.3, 0.4) is 0 Å². The summed E-state index contributed by atoms with van der Waals surface area (Å²) in [6.45, 7) is 1.94. The van der Waals surface area contributed by atoms with Crippen LogP contribution in [0.25, 0.3) is 10.2 Å². The van der Waals surface area contributed by atoms with Gasteiger partial charge in [-0.05, 0) is 18.6 Å². The van der Waals surface area contributed by atoms with Crippen LogP contribution in [0.1, 0.15) is 5.56 Å². The van der Waals surface area contributed by atoms with E-state index >= 15 is 0 Å². The van der Waals surface area contributed by atoms with Crippen LogP contribution in [-0.4, -0.2) is 25.2 Å². The number of amides is 2. The number of thiazole rings is 1. The molecule has 2 N–H and O–H groups in total. The number of carbonyl (C=O) groups excluding carboxylic acids is 1. The fourth-order valence-corrected chi connectivity index (χ4v) is 3.14. The van der Waals surface area contributed by atoms with E-state index in [0.717, 1.165) is 21.5 Å². The molecular formula is C17H17N3O3S. The van der Waals surface area contributed by atoms with Crippen molar-refractivity contribution >= 4 is 38.4 Å². The van der Waals surface area contributed by atoms with E-state index in [0.29, 0.717) is 16.6 Å². The molecule has 0 aliphatic heterocycles. The lowest BCUT2D eigenvalue weighted by Gasteiger charge is -2.07. The summed E-state index contributed by atoms with van der Waals surface area (Å²) in [7, 11) is 3.16. The average molecular weight is 343 g/mol. The van der Waals surface area contributed by atoms with Crippen molar-refractivity contribution in [1.29, 1.82) is 0 Å². The Morgan fingerprint density at radius 1 is 1.08 bits per heavy atom. The predicted octanol–water partition coefficient (Wildman–Crippen LogP) is 4.27. The van der Waals surface area contributed by atoms with Crippen LogP contribution in [0, 0.1) is 6.92 Å². The molecule has 0 bridgehead atoms. The number of benzene rings is 2. The highest BCUT2D eigenvalue weighted by molar-refractivity contribution is 7.22. The zero-order valence-corrected chi connectivity index (χ0v) is 14.4. The molecule has 7 heteroatoms. The third kappa shape index (κ3) is 3.26. The lowest BCUT2D eigenvalue weighted by Crippen LogP contribution is -2.19. The average Bonchev–Trinajstić information content (AvgIpc) is 2.96. The summed E-state index contributed by atoms with van der Waals surface area (Å²) in [6, 6.07) is 10.9. The summed E-state index contributed by atoms with van der Waals surface area (Å²) >= 11 is 1.37. The number of hydrogen-bond donors (Lipinski definition) is 2. The molecule has 2 aromatic carbocycles. The van der Waals surface area contributed by atoms with Crippen molar-refractivity contribution in [3.8, 4) is 11.5 Å². The van der Waals surface area contributed by atoms with E-state index in [-0.39, 0.29) is 6.03 Å². The zero-order chi connectivity index (χ0) is 17.1. The quantitative estimate of drug-likeness (QED) is 0.742. The van der Waals surface area contributed by atoms with E-state index in [1.807, 2.05) is 37.3 Å². The number of methoxy groups -OCH3 is 2. The minimum atomic E-state index is -0.331. The molecule has 3 aromatic rings. The smallest absolute Gasteiger partial charge is 0.325 e. The van der Waals surface area contributed by atoms with Gasteiger partial charge in [-0.2, -0.15) is 0 Å². The number of urea groups is 1. The molecular weight excluding hydrogens is 326 g/mol. The van der Waals surface area contributed by atoms with Crippen molar-refractivity contribution in [2.45, 2.75) is 6.92 Å². The Morgan fingerprint density at radius 2 is 1.79 bits per heavy atom. The molecule has 1 heterocycles. The van der Waals surface area contributed by atoms with Crippen molar-refractivity contribution in [3.63, 3.8) is 0 Å². The molecule has 0 aliphatic carbocycles. The number of carbonyl (C=O) groups is 1. The number of rotatable bonds is 4. The first-order valence-electron chi connectivity index (χ1n) is 7.27. The lowest BCUT2D eigenvalue weighted by molar-refractivity contribution is 0.262. The van der Waals surface area contributed by atoms with E-state index in [1.54, 1.807) is 20.3 Å². The number of aromatic nitrogens is 1. The van der Waals surface area contributed by atoms with Gasteiger partial charge in [0.2, 0.25) is 0 Å². The maximum absolute atomic E-state index is 12.2. The molecule has 0 radical (unpaired) electrons. The Kier molecular flexibility index (Phi) is 4.52. The molecule has 2 amide bonds. The van der Waals surface area contributed by atoms with E-state index in [2.05, 4.69) is 15.6 Å². The first-order chi connectivity index (χ1) is 11.6. The normalized spacial score (nSPS) is 10.5. The number of para-hydroxylation sites is 1. The number of aryl methyl sites for hydroxylation is 1. The molecule has 24 heavy (non-hydrogen) atoms. The molecule has 0 saturated heterocycles. The molecule has 0 aliphatic rings. The van der Waals surface area contributed by atoms with Crippen LogP contribution in [0.15, 0.2) is 36.4 Å². The Balaban J connectivity index is 1.80. The standard InChI is InChI=1S/C17H17N3O3S/c1-10-6-4-5-7-11(10)18-16(21)20-17-19-12-8-13(22-2)14(23-3)9-15(12)24-17/h4-9H,1-3H3,(H2,18,19,20,21). The second-order valence-electron chi connectivity index (χ2n) is 5.09. The van der Waals surface area contributed by atoms with Gasteiger partial charge >= 0.3 is 6.03 Å². The summed E-state index contributed by atoms with van der Waals surface area (Å²) in [5, 5.41) is 6.08. The number of anilines is 2. The van der Waals surface area contributed by atoms with Gasteiger partial charge in [0, 0.05) is 17.8 Å². The van der Waals surface area contributed by atoms with Gasteiger partial charge in [-0.25, -0.2) is 9.78 Å². The van der Waals surface area contributed by atoms with Gasteiger partial charge in [0.15, 0.2) is 16.6 Å². The Labute approximate surface area is 143 Å². The van der Waals surface area contributed by atoms with E-state index in [1.165, 1.54) is 11.3 Å². The highest BCUT2D eigenvalue weighted by atomic mass is 32.1. The molecule has 0 spiro atoms. The molecule has 1 aromatic heterocycles. The largest absolute Gasteiger partial charge is 0.493 e. The number of ether oxygens (including phenoxy) is 2. The van der Waals surface area contributed by atoms with Crippen molar-refractivity contribution in [2.24, 2.45) is 0 Å². The zero-order valence-electron chi connectivity index (χ0n) is 13.5. The Hall–Kier alpha value is -2.80. The van der Waals surface area contributed by atoms with Gasteiger partial charge in [0.05, 0.1) is 24.4 Å². The number of fused-ring (bicyclic) bond motifs is 1. The third-order valence-corrected chi connectivity index (χ3v) is 4.44. The van der Waals surface area contributed by atoms with Gasteiger partial charge in [-0.3, -0.25) is 5.32 Å². The van der Waals surface area contributed by atoms with Crippen LogP contribution in [-0.2, 0) is 0 Å². The molecule has 6 nitrogen and oxygen atoms in total. The van der Waals surface area contributed by atoms with Crippen LogP contribution in [0.4, 0.5) is 15.6 Å². The van der Waals surface area contributed by atoms with Gasteiger partial charge in [0.1, 0.15) is 0 Å². The summed E-state index contributed by atoms with van der Waals surface area (Å²) < 4.78 is 11.4. The van der Waals surface area contributed by atoms with Crippen LogP contribution < -0.4 is 20.1 Å².